The largest absolute Gasteiger partial charge is 0.332 e. The molecular weight excluding hydrogens is 308 g/mol. The Bertz CT molecular complexity index is 810. The van der Waals surface area contributed by atoms with Gasteiger partial charge in [-0.1, -0.05) is 36.9 Å². The number of aromatic nitrogens is 3. The molecule has 0 bridgehead atoms. The maximum Gasteiger partial charge on any atom is 0.234 e. The lowest BCUT2D eigenvalue weighted by molar-refractivity contribution is -0.113. The number of anilines is 1. The number of para-hydroxylation sites is 1. The highest BCUT2D eigenvalue weighted by Gasteiger charge is 2.11. The van der Waals surface area contributed by atoms with Gasteiger partial charge in [-0.15, -0.1) is 0 Å². The first kappa shape index (κ1) is 15.6. The smallest absolute Gasteiger partial charge is 0.234 e. The molecule has 0 spiro atoms. The summed E-state index contributed by atoms with van der Waals surface area (Å²) in [5.41, 5.74) is 4.70. The summed E-state index contributed by atoms with van der Waals surface area (Å²) in [6, 6.07) is 9.83. The molecule has 0 saturated carbocycles. The number of benzene rings is 1. The number of amides is 1. The third-order valence-electron chi connectivity index (χ3n) is 3.58. The van der Waals surface area contributed by atoms with Crippen molar-refractivity contribution in [3.63, 3.8) is 0 Å². The zero-order valence-electron chi connectivity index (χ0n) is 13.1. The molecule has 3 rings (SSSR count). The van der Waals surface area contributed by atoms with E-state index in [1.54, 1.807) is 6.20 Å². The van der Waals surface area contributed by atoms with Crippen molar-refractivity contribution in [2.24, 2.45) is 0 Å². The van der Waals surface area contributed by atoms with Gasteiger partial charge in [-0.05, 0) is 36.6 Å². The number of carbonyl (C=O) groups is 1. The van der Waals surface area contributed by atoms with Gasteiger partial charge in [-0.25, -0.2) is 9.97 Å². The zero-order chi connectivity index (χ0) is 16.2. The summed E-state index contributed by atoms with van der Waals surface area (Å²) in [5.74, 6) is 0.268. The van der Waals surface area contributed by atoms with Crippen molar-refractivity contribution in [2.75, 3.05) is 11.1 Å². The molecule has 23 heavy (non-hydrogen) atoms. The van der Waals surface area contributed by atoms with Crippen LogP contribution in [0.2, 0.25) is 0 Å². The number of thioether (sulfide) groups is 1. The Balaban J connectivity index is 1.66. The van der Waals surface area contributed by atoms with Gasteiger partial charge >= 0.3 is 0 Å². The van der Waals surface area contributed by atoms with E-state index in [-0.39, 0.29) is 5.91 Å². The van der Waals surface area contributed by atoms with Crippen molar-refractivity contribution >= 4 is 34.5 Å². The minimum absolute atomic E-state index is 0.0348. The topological polar surface area (TPSA) is 70.7 Å². The van der Waals surface area contributed by atoms with Gasteiger partial charge in [0.05, 0.1) is 11.3 Å². The van der Waals surface area contributed by atoms with Gasteiger partial charge in [0.1, 0.15) is 0 Å². The molecule has 1 amide bonds. The number of nitrogens with zero attached hydrogens (tertiary/aromatic N) is 2. The van der Waals surface area contributed by atoms with Crippen molar-refractivity contribution in [3.8, 4) is 0 Å². The number of rotatable bonds is 5. The lowest BCUT2D eigenvalue weighted by Crippen LogP contribution is -2.16. The standard InChI is InChI=1S/C17H18N4OS/c1-3-12-7-4-6-11(2)15(12)20-14(22)10-23-17-19-13-8-5-9-18-16(13)21-17/h4-9H,3,10H2,1-2H3,(H,20,22)(H,18,19,21). The lowest BCUT2D eigenvalue weighted by Gasteiger charge is -2.12. The summed E-state index contributed by atoms with van der Waals surface area (Å²) >= 11 is 1.37. The van der Waals surface area contributed by atoms with Crippen LogP contribution in [0.1, 0.15) is 18.1 Å². The molecule has 6 heteroatoms. The highest BCUT2D eigenvalue weighted by molar-refractivity contribution is 7.99. The van der Waals surface area contributed by atoms with Gasteiger partial charge in [0, 0.05) is 11.9 Å². The fraction of sp³-hybridized carbons (Fsp3) is 0.235. The first-order chi connectivity index (χ1) is 11.2. The monoisotopic (exact) mass is 326 g/mol. The quantitative estimate of drug-likeness (QED) is 0.703. The number of nitrogens with one attached hydrogen (secondary N) is 2. The van der Waals surface area contributed by atoms with E-state index in [1.165, 1.54) is 11.8 Å². The summed E-state index contributed by atoms with van der Waals surface area (Å²) in [7, 11) is 0. The summed E-state index contributed by atoms with van der Waals surface area (Å²) < 4.78 is 0. The Hall–Kier alpha value is -2.34. The van der Waals surface area contributed by atoms with Crippen LogP contribution in [-0.2, 0) is 11.2 Å². The maximum atomic E-state index is 12.2. The third kappa shape index (κ3) is 3.53. The molecule has 3 aromatic rings. The highest BCUT2D eigenvalue weighted by atomic mass is 32.2. The lowest BCUT2D eigenvalue weighted by atomic mass is 10.1. The Morgan fingerprint density at radius 2 is 2.17 bits per heavy atom. The fourth-order valence-electron chi connectivity index (χ4n) is 2.40. The normalized spacial score (nSPS) is 10.9. The molecule has 0 saturated heterocycles. The number of aryl methyl sites for hydroxylation is 2. The first-order valence-electron chi connectivity index (χ1n) is 7.49. The Morgan fingerprint density at radius 1 is 1.30 bits per heavy atom. The number of pyridine rings is 1. The van der Waals surface area contributed by atoms with Gasteiger partial charge in [0.15, 0.2) is 10.8 Å². The van der Waals surface area contributed by atoms with Crippen molar-refractivity contribution in [1.29, 1.82) is 0 Å². The van der Waals surface area contributed by atoms with Gasteiger partial charge in [0.2, 0.25) is 5.91 Å². The fourth-order valence-corrected chi connectivity index (χ4v) is 3.08. The molecule has 0 aliphatic heterocycles. The molecular formula is C17H18N4OS. The van der Waals surface area contributed by atoms with E-state index >= 15 is 0 Å². The van der Waals surface area contributed by atoms with Crippen LogP contribution in [0.5, 0.6) is 0 Å². The number of aromatic amines is 1. The van der Waals surface area contributed by atoms with Crippen LogP contribution < -0.4 is 5.32 Å². The first-order valence-corrected chi connectivity index (χ1v) is 8.48. The Labute approximate surface area is 138 Å². The van der Waals surface area contributed by atoms with E-state index in [9.17, 15) is 4.79 Å². The molecule has 5 nitrogen and oxygen atoms in total. The minimum Gasteiger partial charge on any atom is -0.332 e. The van der Waals surface area contributed by atoms with Crippen LogP contribution in [0, 0.1) is 6.92 Å². The number of hydrogen-bond donors (Lipinski definition) is 2. The number of H-pyrrole nitrogens is 1. The van der Waals surface area contributed by atoms with E-state index in [4.69, 9.17) is 0 Å². The summed E-state index contributed by atoms with van der Waals surface area (Å²) in [6.45, 7) is 4.09. The molecule has 2 heterocycles. The van der Waals surface area contributed by atoms with E-state index < -0.39 is 0 Å². The SMILES string of the molecule is CCc1cccc(C)c1NC(=O)CSc1nc2ncccc2[nH]1. The second-order valence-corrected chi connectivity index (χ2v) is 6.18. The molecule has 0 aliphatic rings. The maximum absolute atomic E-state index is 12.2. The van der Waals surface area contributed by atoms with Gasteiger partial charge in [-0.2, -0.15) is 0 Å². The van der Waals surface area contributed by atoms with E-state index in [1.807, 2.05) is 37.3 Å². The Kier molecular flexibility index (Phi) is 4.62. The van der Waals surface area contributed by atoms with Crippen molar-refractivity contribution in [3.05, 3.63) is 47.7 Å². The number of imidazole rings is 1. The van der Waals surface area contributed by atoms with E-state index in [0.717, 1.165) is 28.8 Å². The second kappa shape index (κ2) is 6.83. The van der Waals surface area contributed by atoms with Crippen LogP contribution in [0.3, 0.4) is 0 Å². The molecule has 0 radical (unpaired) electrons. The van der Waals surface area contributed by atoms with Crippen molar-refractivity contribution in [1.82, 2.24) is 15.0 Å². The average molecular weight is 326 g/mol. The van der Waals surface area contributed by atoms with Gasteiger partial charge in [-0.3, -0.25) is 4.79 Å². The number of fused-ring (bicyclic) bond motifs is 1. The van der Waals surface area contributed by atoms with Crippen LogP contribution in [0.4, 0.5) is 5.69 Å². The summed E-state index contributed by atoms with van der Waals surface area (Å²) in [6.07, 6.45) is 2.59. The third-order valence-corrected chi connectivity index (χ3v) is 4.45. The molecule has 118 valence electrons. The average Bonchev–Trinajstić information content (AvgIpc) is 2.98. The summed E-state index contributed by atoms with van der Waals surface area (Å²) in [5, 5.41) is 3.72. The zero-order valence-corrected chi connectivity index (χ0v) is 13.9. The van der Waals surface area contributed by atoms with E-state index in [0.29, 0.717) is 16.6 Å². The molecule has 2 N–H and O–H groups in total. The predicted octanol–water partition coefficient (Wildman–Crippen LogP) is 3.56. The molecule has 0 unspecified atom stereocenters. The molecule has 0 aliphatic carbocycles. The number of hydrogen-bond acceptors (Lipinski definition) is 4. The predicted molar refractivity (Wildman–Crippen MR) is 93.8 cm³/mol. The van der Waals surface area contributed by atoms with Crippen LogP contribution in [0.25, 0.3) is 11.2 Å². The van der Waals surface area contributed by atoms with Crippen molar-refractivity contribution < 1.29 is 4.79 Å². The second-order valence-electron chi connectivity index (χ2n) is 5.22. The van der Waals surface area contributed by atoms with Crippen LogP contribution >= 0.6 is 11.8 Å². The molecule has 1 aromatic carbocycles. The van der Waals surface area contributed by atoms with Crippen LogP contribution in [0.15, 0.2) is 41.7 Å². The van der Waals surface area contributed by atoms with Gasteiger partial charge < -0.3 is 10.3 Å². The van der Waals surface area contributed by atoms with Crippen LogP contribution in [-0.4, -0.2) is 26.6 Å². The Morgan fingerprint density at radius 3 is 2.96 bits per heavy atom. The number of carbonyl (C=O) groups excluding carboxylic acids is 1. The van der Waals surface area contributed by atoms with Gasteiger partial charge in [0.25, 0.3) is 0 Å². The van der Waals surface area contributed by atoms with E-state index in [2.05, 4.69) is 27.2 Å². The van der Waals surface area contributed by atoms with Crippen molar-refractivity contribution in [2.45, 2.75) is 25.4 Å². The molecule has 0 atom stereocenters. The molecule has 2 aromatic heterocycles. The summed E-state index contributed by atoms with van der Waals surface area (Å²) in [4.78, 5) is 23.9. The molecule has 0 fully saturated rings. The highest BCUT2D eigenvalue weighted by Crippen LogP contribution is 2.22. The minimum atomic E-state index is -0.0348.